The van der Waals surface area contributed by atoms with E-state index < -0.39 is 0 Å². The molecule has 5 heteroatoms. The number of benzene rings is 2. The minimum absolute atomic E-state index is 0.101. The Kier molecular flexibility index (Phi) is 7.19. The van der Waals surface area contributed by atoms with E-state index in [1.54, 1.807) is 28.4 Å². The van der Waals surface area contributed by atoms with E-state index in [0.29, 0.717) is 17.2 Å². The second-order valence-corrected chi connectivity index (χ2v) is 7.67. The Morgan fingerprint density at radius 1 is 0.964 bits per heavy atom. The molecule has 0 heterocycles. The first kappa shape index (κ1) is 21.9. The van der Waals surface area contributed by atoms with Gasteiger partial charge in [-0.25, -0.2) is 0 Å². The van der Waals surface area contributed by atoms with Crippen LogP contribution in [0.5, 0.6) is 23.0 Å². The van der Waals surface area contributed by atoms with E-state index >= 15 is 0 Å². The van der Waals surface area contributed by atoms with Crippen LogP contribution in [0.25, 0.3) is 10.8 Å². The molecule has 0 aliphatic rings. The van der Waals surface area contributed by atoms with E-state index in [-0.39, 0.29) is 17.9 Å². The molecule has 1 N–H and O–H groups in total. The maximum Gasteiger partial charge on any atom is 0.134 e. The smallest absolute Gasteiger partial charge is 0.134 e. The van der Waals surface area contributed by atoms with Gasteiger partial charge >= 0.3 is 0 Å². The summed E-state index contributed by atoms with van der Waals surface area (Å²) in [6.07, 6.45) is 3.42. The van der Waals surface area contributed by atoms with Crippen molar-refractivity contribution in [3.05, 3.63) is 36.4 Å². The summed E-state index contributed by atoms with van der Waals surface area (Å²) in [7, 11) is 6.57. The average molecular weight is 389 g/mol. The number of methoxy groups -OCH3 is 4. The summed E-state index contributed by atoms with van der Waals surface area (Å²) in [5.41, 5.74) is 0.763. The molecule has 5 nitrogen and oxygen atoms in total. The molecule has 1 unspecified atom stereocenters. The largest absolute Gasteiger partial charge is 0.496 e. The molecule has 28 heavy (non-hydrogen) atoms. The van der Waals surface area contributed by atoms with Crippen LogP contribution in [0, 0.1) is 5.41 Å². The summed E-state index contributed by atoms with van der Waals surface area (Å²) >= 11 is 0. The lowest BCUT2D eigenvalue weighted by molar-refractivity contribution is 0.141. The van der Waals surface area contributed by atoms with Gasteiger partial charge in [0.15, 0.2) is 0 Å². The molecule has 0 fully saturated rings. The molecule has 0 aliphatic carbocycles. The molecule has 0 amide bonds. The van der Waals surface area contributed by atoms with E-state index in [2.05, 4.69) is 20.4 Å². The number of rotatable bonds is 10. The molecule has 0 aromatic heterocycles. The Hall–Kier alpha value is -2.40. The zero-order valence-corrected chi connectivity index (χ0v) is 17.8. The van der Waals surface area contributed by atoms with E-state index in [0.717, 1.165) is 34.9 Å². The van der Waals surface area contributed by atoms with Gasteiger partial charge in [-0.15, -0.1) is 6.58 Å². The fraction of sp³-hybridized carbons (Fsp3) is 0.478. The molecule has 0 radical (unpaired) electrons. The molecule has 0 spiro atoms. The monoisotopic (exact) mass is 388 g/mol. The van der Waals surface area contributed by atoms with Crippen LogP contribution in [0.3, 0.4) is 0 Å². The Bertz CT molecular complexity index is 826. The minimum atomic E-state index is -0.237. The fourth-order valence-corrected chi connectivity index (χ4v) is 3.74. The third-order valence-corrected chi connectivity index (χ3v) is 5.13. The van der Waals surface area contributed by atoms with E-state index in [9.17, 15) is 5.11 Å². The van der Waals surface area contributed by atoms with Crippen molar-refractivity contribution in [2.75, 3.05) is 35.0 Å². The van der Waals surface area contributed by atoms with Gasteiger partial charge in [-0.05, 0) is 42.4 Å². The van der Waals surface area contributed by atoms with E-state index in [1.165, 1.54) is 0 Å². The number of hydrogen-bond donors (Lipinski definition) is 1. The molecule has 0 saturated heterocycles. The van der Waals surface area contributed by atoms with Crippen molar-refractivity contribution in [3.63, 3.8) is 0 Å². The van der Waals surface area contributed by atoms with Crippen molar-refractivity contribution in [3.8, 4) is 23.0 Å². The summed E-state index contributed by atoms with van der Waals surface area (Å²) in [5.74, 6) is 2.90. The molecule has 0 aliphatic heterocycles. The second kappa shape index (κ2) is 9.20. The molecule has 2 rings (SSSR count). The zero-order chi connectivity index (χ0) is 20.9. The first-order valence-electron chi connectivity index (χ1n) is 9.38. The van der Waals surface area contributed by atoms with Crippen molar-refractivity contribution in [2.45, 2.75) is 32.6 Å². The summed E-state index contributed by atoms with van der Waals surface area (Å²) in [6.45, 7) is 8.13. The lowest BCUT2D eigenvalue weighted by atomic mass is 9.78. The van der Waals surface area contributed by atoms with Crippen molar-refractivity contribution in [1.82, 2.24) is 0 Å². The number of aliphatic hydroxyl groups is 1. The van der Waals surface area contributed by atoms with Crippen LogP contribution < -0.4 is 18.9 Å². The molecule has 2 aromatic rings. The summed E-state index contributed by atoms with van der Waals surface area (Å²) in [6, 6.07) is 5.73. The lowest BCUT2D eigenvalue weighted by Gasteiger charge is -2.29. The Balaban J connectivity index is 2.87. The standard InChI is InChI=1S/C23H32O5/c1-8-9-15(13-23(2,3)14-24)16-12-19(27-6)20-17(25-4)10-11-18(26-5)21(20)22(16)28-7/h8,10-12,15,24H,1,9,13-14H2,2-7H3. The average Bonchev–Trinajstić information content (AvgIpc) is 2.71. The summed E-state index contributed by atoms with van der Waals surface area (Å²) in [5, 5.41) is 11.4. The predicted octanol–water partition coefficient (Wildman–Crippen LogP) is 4.94. The van der Waals surface area contributed by atoms with Gasteiger partial charge in [0.2, 0.25) is 0 Å². The maximum atomic E-state index is 9.79. The van der Waals surface area contributed by atoms with Crippen LogP contribution in [-0.4, -0.2) is 40.2 Å². The Labute approximate surface area is 167 Å². The van der Waals surface area contributed by atoms with Gasteiger partial charge in [-0.2, -0.15) is 0 Å². The third-order valence-electron chi connectivity index (χ3n) is 5.13. The van der Waals surface area contributed by atoms with Crippen molar-refractivity contribution in [2.24, 2.45) is 5.41 Å². The first-order valence-corrected chi connectivity index (χ1v) is 9.38. The highest BCUT2D eigenvalue weighted by atomic mass is 16.5. The Morgan fingerprint density at radius 2 is 1.54 bits per heavy atom. The molecule has 0 saturated carbocycles. The number of hydrogen-bond acceptors (Lipinski definition) is 5. The van der Waals surface area contributed by atoms with Crippen LogP contribution in [0.2, 0.25) is 0 Å². The predicted molar refractivity (Wildman–Crippen MR) is 113 cm³/mol. The van der Waals surface area contributed by atoms with Crippen molar-refractivity contribution >= 4 is 10.8 Å². The van der Waals surface area contributed by atoms with Crippen LogP contribution in [0.4, 0.5) is 0 Å². The van der Waals surface area contributed by atoms with Crippen LogP contribution in [-0.2, 0) is 0 Å². The molecule has 154 valence electrons. The quantitative estimate of drug-likeness (QED) is 0.584. The highest BCUT2D eigenvalue weighted by Gasteiger charge is 2.29. The van der Waals surface area contributed by atoms with Gasteiger partial charge in [0.25, 0.3) is 0 Å². The molecule has 2 aromatic carbocycles. The molecule has 0 bridgehead atoms. The van der Waals surface area contributed by atoms with Crippen LogP contribution >= 0.6 is 0 Å². The zero-order valence-electron chi connectivity index (χ0n) is 17.8. The van der Waals surface area contributed by atoms with Crippen molar-refractivity contribution < 1.29 is 24.1 Å². The molecular weight excluding hydrogens is 356 g/mol. The third kappa shape index (κ3) is 4.20. The normalized spacial score (nSPS) is 12.5. The Morgan fingerprint density at radius 3 is 2.00 bits per heavy atom. The maximum absolute atomic E-state index is 9.79. The summed E-state index contributed by atoms with van der Waals surface area (Å²) < 4.78 is 22.8. The van der Waals surface area contributed by atoms with Gasteiger partial charge < -0.3 is 24.1 Å². The van der Waals surface area contributed by atoms with Crippen molar-refractivity contribution in [1.29, 1.82) is 0 Å². The number of allylic oxidation sites excluding steroid dienone is 1. The van der Waals surface area contributed by atoms with Gasteiger partial charge in [0.1, 0.15) is 23.0 Å². The molecule has 1 atom stereocenters. The summed E-state index contributed by atoms with van der Waals surface area (Å²) in [4.78, 5) is 0. The van der Waals surface area contributed by atoms with Gasteiger partial charge in [0, 0.05) is 12.2 Å². The SMILES string of the molecule is C=CCC(CC(C)(C)CO)c1cc(OC)c2c(OC)ccc(OC)c2c1OC. The van der Waals surface area contributed by atoms with Gasteiger partial charge in [-0.3, -0.25) is 0 Å². The number of ether oxygens (including phenoxy) is 4. The topological polar surface area (TPSA) is 57.2 Å². The van der Waals surface area contributed by atoms with Gasteiger partial charge in [-0.1, -0.05) is 19.9 Å². The first-order chi connectivity index (χ1) is 13.4. The molecular formula is C23H32O5. The highest BCUT2D eigenvalue weighted by Crippen LogP contribution is 2.50. The highest BCUT2D eigenvalue weighted by molar-refractivity contribution is 6.03. The lowest BCUT2D eigenvalue weighted by Crippen LogP contribution is -2.20. The van der Waals surface area contributed by atoms with E-state index in [4.69, 9.17) is 18.9 Å². The fourth-order valence-electron chi connectivity index (χ4n) is 3.74. The minimum Gasteiger partial charge on any atom is -0.496 e. The second-order valence-electron chi connectivity index (χ2n) is 7.67. The van der Waals surface area contributed by atoms with Crippen LogP contribution in [0.1, 0.15) is 38.2 Å². The van der Waals surface area contributed by atoms with Gasteiger partial charge in [0.05, 0.1) is 39.2 Å². The van der Waals surface area contributed by atoms with E-state index in [1.807, 2.05) is 24.3 Å². The number of fused-ring (bicyclic) bond motifs is 1. The van der Waals surface area contributed by atoms with Crippen LogP contribution in [0.15, 0.2) is 30.9 Å². The number of aliphatic hydroxyl groups excluding tert-OH is 1.